The van der Waals surface area contributed by atoms with Crippen LogP contribution in [0.3, 0.4) is 0 Å². The first-order valence-corrected chi connectivity index (χ1v) is 13.8. The first-order chi connectivity index (χ1) is 13.2. The molecule has 2 nitrogen and oxygen atoms in total. The smallest absolute Gasteiger partial charge is 0.398 e. The summed E-state index contributed by atoms with van der Waals surface area (Å²) in [7, 11) is -2.16. The summed E-state index contributed by atoms with van der Waals surface area (Å²) in [6.45, 7) is 7.47. The number of unbranched alkanes of at least 4 members (excludes halogenated alkanes) is 10. The van der Waals surface area contributed by atoms with Crippen LogP contribution in [0, 0.1) is 0 Å². The van der Waals surface area contributed by atoms with Gasteiger partial charge < -0.3 is 8.85 Å². The van der Waals surface area contributed by atoms with Crippen LogP contribution in [0.4, 0.5) is 0 Å². The molecule has 0 unspecified atom stereocenters. The van der Waals surface area contributed by atoms with Crippen molar-refractivity contribution >= 4 is 20.2 Å². The quantitative estimate of drug-likeness (QED) is 0.188. The van der Waals surface area contributed by atoms with Gasteiger partial charge in [0, 0.05) is 11.6 Å². The fourth-order valence-corrected chi connectivity index (χ4v) is 5.91. The minimum Gasteiger partial charge on any atom is -0.520 e. The molecule has 1 rings (SSSR count). The van der Waals surface area contributed by atoms with Crippen LogP contribution in [-0.2, 0) is 4.43 Å². The topological polar surface area (TPSA) is 18.5 Å². The molecule has 27 heavy (non-hydrogen) atoms. The van der Waals surface area contributed by atoms with Gasteiger partial charge in [0.1, 0.15) is 5.75 Å². The molecule has 0 fully saturated rings. The van der Waals surface area contributed by atoms with Crippen molar-refractivity contribution in [3.8, 4) is 5.75 Å². The SMILES string of the molecule is CCCCCCCCCCCCCO[Si](CC)(CC)Oc1cccc(Cl)c1. The summed E-state index contributed by atoms with van der Waals surface area (Å²) in [5, 5.41) is 0.716. The van der Waals surface area contributed by atoms with Crippen molar-refractivity contribution in [2.75, 3.05) is 6.61 Å². The van der Waals surface area contributed by atoms with E-state index < -0.39 is 8.56 Å². The summed E-state index contributed by atoms with van der Waals surface area (Å²) in [6, 6.07) is 9.61. The van der Waals surface area contributed by atoms with Crippen LogP contribution in [-0.4, -0.2) is 15.2 Å². The lowest BCUT2D eigenvalue weighted by Gasteiger charge is -2.29. The number of halogens is 1. The molecule has 0 aromatic heterocycles. The molecular formula is C23H41ClO2Si. The molecule has 0 amide bonds. The summed E-state index contributed by atoms with van der Waals surface area (Å²) in [4.78, 5) is 0. The fourth-order valence-electron chi connectivity index (χ4n) is 3.40. The minimum atomic E-state index is -2.16. The van der Waals surface area contributed by atoms with Crippen LogP contribution in [0.1, 0.15) is 91.4 Å². The van der Waals surface area contributed by atoms with E-state index in [2.05, 4.69) is 20.8 Å². The Kier molecular flexibility index (Phi) is 14.0. The van der Waals surface area contributed by atoms with E-state index in [0.717, 1.165) is 30.9 Å². The summed E-state index contributed by atoms with van der Waals surface area (Å²) < 4.78 is 12.6. The maximum atomic E-state index is 6.33. The number of hydrogen-bond donors (Lipinski definition) is 0. The second-order valence-electron chi connectivity index (χ2n) is 7.56. The summed E-state index contributed by atoms with van der Waals surface area (Å²) in [5.41, 5.74) is 0. The van der Waals surface area contributed by atoms with Crippen LogP contribution in [0.25, 0.3) is 0 Å². The largest absolute Gasteiger partial charge is 0.520 e. The van der Waals surface area contributed by atoms with Gasteiger partial charge in [-0.1, -0.05) is 103 Å². The molecule has 1 aromatic carbocycles. The van der Waals surface area contributed by atoms with Gasteiger partial charge in [-0.3, -0.25) is 0 Å². The van der Waals surface area contributed by atoms with Crippen molar-refractivity contribution in [3.63, 3.8) is 0 Å². The molecule has 0 atom stereocenters. The van der Waals surface area contributed by atoms with Gasteiger partial charge in [0.15, 0.2) is 0 Å². The Bertz CT molecular complexity index is 477. The van der Waals surface area contributed by atoms with E-state index in [0.29, 0.717) is 5.02 Å². The molecule has 0 bridgehead atoms. The van der Waals surface area contributed by atoms with E-state index in [4.69, 9.17) is 20.5 Å². The van der Waals surface area contributed by atoms with Gasteiger partial charge >= 0.3 is 8.56 Å². The highest BCUT2D eigenvalue weighted by molar-refractivity contribution is 6.68. The Balaban J connectivity index is 2.14. The molecule has 0 saturated carbocycles. The molecule has 156 valence electrons. The van der Waals surface area contributed by atoms with E-state index in [-0.39, 0.29) is 0 Å². The van der Waals surface area contributed by atoms with E-state index in [1.165, 1.54) is 64.2 Å². The molecule has 0 radical (unpaired) electrons. The van der Waals surface area contributed by atoms with Gasteiger partial charge in [0.05, 0.1) is 0 Å². The first kappa shape index (κ1) is 24.5. The Morgan fingerprint density at radius 1 is 0.778 bits per heavy atom. The van der Waals surface area contributed by atoms with Gasteiger partial charge in [-0.2, -0.15) is 0 Å². The Morgan fingerprint density at radius 3 is 1.85 bits per heavy atom. The average Bonchev–Trinajstić information content (AvgIpc) is 2.68. The molecule has 0 aliphatic carbocycles. The standard InChI is InChI=1S/C23H41ClO2Si/c1-4-7-8-9-10-11-12-13-14-15-16-20-25-27(5-2,6-3)26-23-19-17-18-22(24)21-23/h17-19,21H,4-16,20H2,1-3H3. The number of benzene rings is 1. The fraction of sp³-hybridized carbons (Fsp3) is 0.739. The van der Waals surface area contributed by atoms with Gasteiger partial charge in [-0.15, -0.1) is 0 Å². The van der Waals surface area contributed by atoms with Crippen molar-refractivity contribution in [2.45, 2.75) is 103 Å². The molecular weight excluding hydrogens is 372 g/mol. The minimum absolute atomic E-state index is 0.716. The van der Waals surface area contributed by atoms with E-state index in [1.54, 1.807) is 0 Å². The van der Waals surface area contributed by atoms with E-state index in [9.17, 15) is 0 Å². The second kappa shape index (κ2) is 15.4. The zero-order valence-corrected chi connectivity index (χ0v) is 19.7. The highest BCUT2D eigenvalue weighted by Crippen LogP contribution is 2.26. The Morgan fingerprint density at radius 2 is 1.33 bits per heavy atom. The Labute approximate surface area is 174 Å². The van der Waals surface area contributed by atoms with Crippen molar-refractivity contribution < 1.29 is 8.85 Å². The molecule has 0 aliphatic rings. The van der Waals surface area contributed by atoms with Crippen molar-refractivity contribution in [3.05, 3.63) is 29.3 Å². The third kappa shape index (κ3) is 11.2. The van der Waals surface area contributed by atoms with Gasteiger partial charge in [-0.25, -0.2) is 0 Å². The maximum absolute atomic E-state index is 6.33. The molecule has 0 N–H and O–H groups in total. The maximum Gasteiger partial charge on any atom is 0.398 e. The van der Waals surface area contributed by atoms with Gasteiger partial charge in [0.25, 0.3) is 0 Å². The molecule has 1 aromatic rings. The van der Waals surface area contributed by atoms with Crippen LogP contribution in [0.5, 0.6) is 5.75 Å². The number of rotatable bonds is 17. The molecule has 4 heteroatoms. The van der Waals surface area contributed by atoms with Crippen molar-refractivity contribution in [1.82, 2.24) is 0 Å². The van der Waals surface area contributed by atoms with Crippen LogP contribution in [0.15, 0.2) is 24.3 Å². The first-order valence-electron chi connectivity index (χ1n) is 11.2. The molecule has 0 saturated heterocycles. The van der Waals surface area contributed by atoms with Crippen molar-refractivity contribution in [1.29, 1.82) is 0 Å². The second-order valence-corrected chi connectivity index (χ2v) is 11.7. The summed E-state index contributed by atoms with van der Waals surface area (Å²) in [6.07, 6.45) is 14.9. The lowest BCUT2D eigenvalue weighted by atomic mass is 10.1. The van der Waals surface area contributed by atoms with Crippen LogP contribution >= 0.6 is 11.6 Å². The van der Waals surface area contributed by atoms with Gasteiger partial charge in [0.2, 0.25) is 0 Å². The van der Waals surface area contributed by atoms with E-state index >= 15 is 0 Å². The zero-order valence-electron chi connectivity index (χ0n) is 17.9. The molecule has 0 heterocycles. The summed E-state index contributed by atoms with van der Waals surface area (Å²) in [5.74, 6) is 0.844. The van der Waals surface area contributed by atoms with Crippen LogP contribution < -0.4 is 4.43 Å². The van der Waals surface area contributed by atoms with E-state index in [1.807, 2.05) is 24.3 Å². The van der Waals surface area contributed by atoms with Crippen molar-refractivity contribution in [2.24, 2.45) is 0 Å². The highest BCUT2D eigenvalue weighted by Gasteiger charge is 2.35. The van der Waals surface area contributed by atoms with Gasteiger partial charge in [-0.05, 0) is 36.7 Å². The zero-order chi connectivity index (χ0) is 19.8. The predicted octanol–water partition coefficient (Wildman–Crippen LogP) is 8.53. The van der Waals surface area contributed by atoms with Crippen LogP contribution in [0.2, 0.25) is 17.1 Å². The third-order valence-electron chi connectivity index (χ3n) is 5.29. The summed E-state index contributed by atoms with van der Waals surface area (Å²) >= 11 is 6.08. The normalized spacial score (nSPS) is 11.7. The lowest BCUT2D eigenvalue weighted by Crippen LogP contribution is -2.44. The average molecular weight is 413 g/mol. The number of hydrogen-bond acceptors (Lipinski definition) is 2. The predicted molar refractivity (Wildman–Crippen MR) is 121 cm³/mol. The highest BCUT2D eigenvalue weighted by atomic mass is 35.5. The Hall–Kier alpha value is -0.513. The monoisotopic (exact) mass is 412 g/mol. The lowest BCUT2D eigenvalue weighted by molar-refractivity contribution is 0.230. The molecule has 0 aliphatic heterocycles. The third-order valence-corrected chi connectivity index (χ3v) is 9.02. The molecule has 0 spiro atoms.